The highest BCUT2D eigenvalue weighted by Crippen LogP contribution is 2.21. The van der Waals surface area contributed by atoms with E-state index < -0.39 is 0 Å². The van der Waals surface area contributed by atoms with Crippen LogP contribution in [0.25, 0.3) is 0 Å². The molecule has 0 amide bonds. The minimum Gasteiger partial charge on any atom is -0.370 e. The van der Waals surface area contributed by atoms with Gasteiger partial charge < -0.3 is 10.6 Å². The van der Waals surface area contributed by atoms with Crippen LogP contribution in [-0.2, 0) is 0 Å². The van der Waals surface area contributed by atoms with Gasteiger partial charge in [-0.25, -0.2) is 0 Å². The Morgan fingerprint density at radius 3 is 2.67 bits per heavy atom. The quantitative estimate of drug-likeness (QED) is 0.812. The molecular weight excluding hydrogens is 186 g/mol. The first-order valence-electron chi connectivity index (χ1n) is 5.03. The number of benzene rings is 1. The molecule has 0 aliphatic rings. The summed E-state index contributed by atoms with van der Waals surface area (Å²) in [7, 11) is 2.02. The molecule has 3 heteroatoms. The SMILES string of the molecule is Cc1cc(C#N)ccc1N(C)C(C)CN. The molecule has 1 unspecified atom stereocenters. The highest BCUT2D eigenvalue weighted by molar-refractivity contribution is 5.56. The minimum absolute atomic E-state index is 0.302. The van der Waals surface area contributed by atoms with E-state index in [9.17, 15) is 0 Å². The van der Waals surface area contributed by atoms with Gasteiger partial charge in [0.25, 0.3) is 0 Å². The molecule has 1 aromatic carbocycles. The van der Waals surface area contributed by atoms with Crippen molar-refractivity contribution in [3.8, 4) is 6.07 Å². The lowest BCUT2D eigenvalue weighted by Crippen LogP contribution is -2.35. The Kier molecular flexibility index (Phi) is 3.70. The molecular formula is C12H17N3. The molecule has 0 spiro atoms. The number of likely N-dealkylation sites (N-methyl/N-ethyl adjacent to an activating group) is 1. The minimum atomic E-state index is 0.302. The van der Waals surface area contributed by atoms with Crippen molar-refractivity contribution in [3.63, 3.8) is 0 Å². The maximum absolute atomic E-state index is 8.76. The number of rotatable bonds is 3. The zero-order valence-electron chi connectivity index (χ0n) is 9.49. The Bertz CT molecular complexity index is 379. The second-order valence-electron chi connectivity index (χ2n) is 3.81. The standard InChI is InChI=1S/C12H17N3/c1-9-6-11(8-14)4-5-12(9)15(3)10(2)7-13/h4-6,10H,7,13H2,1-3H3. The zero-order valence-corrected chi connectivity index (χ0v) is 9.49. The van der Waals surface area contributed by atoms with Crippen molar-refractivity contribution in [2.45, 2.75) is 19.9 Å². The smallest absolute Gasteiger partial charge is 0.0991 e. The maximum Gasteiger partial charge on any atom is 0.0991 e. The molecule has 80 valence electrons. The van der Waals surface area contributed by atoms with Crippen LogP contribution in [0.2, 0.25) is 0 Å². The summed E-state index contributed by atoms with van der Waals surface area (Å²) in [6, 6.07) is 8.14. The van der Waals surface area contributed by atoms with Gasteiger partial charge in [0.15, 0.2) is 0 Å². The fourth-order valence-electron chi connectivity index (χ4n) is 1.52. The average Bonchev–Trinajstić information content (AvgIpc) is 2.26. The van der Waals surface area contributed by atoms with E-state index in [2.05, 4.69) is 17.9 Å². The molecule has 3 nitrogen and oxygen atoms in total. The van der Waals surface area contributed by atoms with E-state index in [1.807, 2.05) is 32.2 Å². The van der Waals surface area contributed by atoms with E-state index in [4.69, 9.17) is 11.0 Å². The van der Waals surface area contributed by atoms with Gasteiger partial charge in [0, 0.05) is 25.3 Å². The summed E-state index contributed by atoms with van der Waals surface area (Å²) in [5.74, 6) is 0. The second kappa shape index (κ2) is 4.81. The number of hydrogen-bond acceptors (Lipinski definition) is 3. The van der Waals surface area contributed by atoms with E-state index in [0.717, 1.165) is 11.3 Å². The molecule has 0 heterocycles. The van der Waals surface area contributed by atoms with Crippen LogP contribution >= 0.6 is 0 Å². The Balaban J connectivity index is 3.01. The van der Waals surface area contributed by atoms with E-state index in [1.165, 1.54) is 0 Å². The van der Waals surface area contributed by atoms with Crippen LogP contribution in [0.15, 0.2) is 18.2 Å². The third kappa shape index (κ3) is 2.48. The van der Waals surface area contributed by atoms with Crippen LogP contribution in [0.3, 0.4) is 0 Å². The molecule has 1 aromatic rings. The first-order valence-corrected chi connectivity index (χ1v) is 5.03. The van der Waals surface area contributed by atoms with Gasteiger partial charge in [-0.3, -0.25) is 0 Å². The molecule has 1 rings (SSSR count). The fraction of sp³-hybridized carbons (Fsp3) is 0.417. The monoisotopic (exact) mass is 203 g/mol. The van der Waals surface area contributed by atoms with Gasteiger partial charge in [-0.15, -0.1) is 0 Å². The van der Waals surface area contributed by atoms with Gasteiger partial charge in [0.05, 0.1) is 11.6 Å². The van der Waals surface area contributed by atoms with Crippen molar-refractivity contribution in [1.29, 1.82) is 5.26 Å². The van der Waals surface area contributed by atoms with Crippen LogP contribution < -0.4 is 10.6 Å². The topological polar surface area (TPSA) is 53.0 Å². The van der Waals surface area contributed by atoms with Crippen molar-refractivity contribution in [1.82, 2.24) is 0 Å². The molecule has 2 N–H and O–H groups in total. The number of nitrogens with two attached hydrogens (primary N) is 1. The van der Waals surface area contributed by atoms with Crippen molar-refractivity contribution in [2.75, 3.05) is 18.5 Å². The third-order valence-corrected chi connectivity index (χ3v) is 2.71. The van der Waals surface area contributed by atoms with Crippen molar-refractivity contribution in [3.05, 3.63) is 29.3 Å². The number of anilines is 1. The van der Waals surface area contributed by atoms with Crippen molar-refractivity contribution < 1.29 is 0 Å². The highest BCUT2D eigenvalue weighted by Gasteiger charge is 2.10. The van der Waals surface area contributed by atoms with Crippen molar-refractivity contribution in [2.24, 2.45) is 5.73 Å². The van der Waals surface area contributed by atoms with E-state index in [-0.39, 0.29) is 0 Å². The summed E-state index contributed by atoms with van der Waals surface area (Å²) in [6.45, 7) is 4.71. The van der Waals surface area contributed by atoms with Gasteiger partial charge in [0.2, 0.25) is 0 Å². The molecule has 0 radical (unpaired) electrons. The molecule has 0 saturated heterocycles. The normalized spacial score (nSPS) is 11.9. The Morgan fingerprint density at radius 1 is 1.53 bits per heavy atom. The van der Waals surface area contributed by atoms with Gasteiger partial charge in [0.1, 0.15) is 0 Å². The van der Waals surface area contributed by atoms with Gasteiger partial charge in [-0.1, -0.05) is 0 Å². The number of nitriles is 1. The predicted molar refractivity (Wildman–Crippen MR) is 62.8 cm³/mol. The largest absolute Gasteiger partial charge is 0.370 e. The van der Waals surface area contributed by atoms with E-state index in [1.54, 1.807) is 0 Å². The van der Waals surface area contributed by atoms with Crippen LogP contribution in [0, 0.1) is 18.3 Å². The molecule has 0 aromatic heterocycles. The Morgan fingerprint density at radius 2 is 2.20 bits per heavy atom. The fourth-order valence-corrected chi connectivity index (χ4v) is 1.52. The van der Waals surface area contributed by atoms with Crippen LogP contribution in [0.1, 0.15) is 18.1 Å². The first-order chi connectivity index (χ1) is 7.10. The molecule has 0 bridgehead atoms. The molecule has 0 aliphatic heterocycles. The van der Waals surface area contributed by atoms with Crippen LogP contribution in [0.4, 0.5) is 5.69 Å². The predicted octanol–water partition coefficient (Wildman–Crippen LogP) is 1.65. The maximum atomic E-state index is 8.76. The Hall–Kier alpha value is -1.53. The lowest BCUT2D eigenvalue weighted by Gasteiger charge is -2.27. The van der Waals surface area contributed by atoms with Crippen LogP contribution in [0.5, 0.6) is 0 Å². The highest BCUT2D eigenvalue weighted by atomic mass is 15.1. The van der Waals surface area contributed by atoms with E-state index in [0.29, 0.717) is 18.2 Å². The molecule has 0 fully saturated rings. The summed E-state index contributed by atoms with van der Waals surface area (Å²) < 4.78 is 0. The van der Waals surface area contributed by atoms with Crippen LogP contribution in [-0.4, -0.2) is 19.6 Å². The first kappa shape index (κ1) is 11.5. The lowest BCUT2D eigenvalue weighted by molar-refractivity contribution is 0.694. The van der Waals surface area contributed by atoms with Gasteiger partial charge in [-0.2, -0.15) is 5.26 Å². The zero-order chi connectivity index (χ0) is 11.4. The average molecular weight is 203 g/mol. The molecule has 0 aliphatic carbocycles. The summed E-state index contributed by atoms with van der Waals surface area (Å²) in [5.41, 5.74) is 8.56. The summed E-state index contributed by atoms with van der Waals surface area (Å²) in [6.07, 6.45) is 0. The number of aryl methyl sites for hydroxylation is 1. The third-order valence-electron chi connectivity index (χ3n) is 2.71. The number of nitrogens with zero attached hydrogens (tertiary/aromatic N) is 2. The molecule has 1 atom stereocenters. The lowest BCUT2D eigenvalue weighted by atomic mass is 10.1. The summed E-state index contributed by atoms with van der Waals surface area (Å²) in [5, 5.41) is 8.76. The summed E-state index contributed by atoms with van der Waals surface area (Å²) in [4.78, 5) is 2.14. The number of hydrogen-bond donors (Lipinski definition) is 1. The second-order valence-corrected chi connectivity index (χ2v) is 3.81. The Labute approximate surface area is 91.1 Å². The van der Waals surface area contributed by atoms with Gasteiger partial charge in [-0.05, 0) is 37.6 Å². The van der Waals surface area contributed by atoms with Gasteiger partial charge >= 0.3 is 0 Å². The van der Waals surface area contributed by atoms with E-state index >= 15 is 0 Å². The summed E-state index contributed by atoms with van der Waals surface area (Å²) >= 11 is 0. The molecule has 0 saturated carbocycles. The van der Waals surface area contributed by atoms with Crippen molar-refractivity contribution >= 4 is 5.69 Å². The molecule has 15 heavy (non-hydrogen) atoms.